The van der Waals surface area contributed by atoms with Crippen molar-refractivity contribution >= 4 is 5.82 Å². The van der Waals surface area contributed by atoms with Crippen LogP contribution in [0.2, 0.25) is 0 Å². The maximum Gasteiger partial charge on any atom is 0.132 e. The van der Waals surface area contributed by atoms with E-state index in [9.17, 15) is 0 Å². The lowest BCUT2D eigenvalue weighted by atomic mass is 10.0. The molecular weight excluding hydrogens is 314 g/mol. The molecule has 0 spiro atoms. The fourth-order valence-corrected chi connectivity index (χ4v) is 4.39. The molecule has 4 rings (SSSR count). The largest absolute Gasteiger partial charge is 0.381 e. The fraction of sp³-hybridized carbons (Fsp3) is 0.789. The van der Waals surface area contributed by atoms with Crippen LogP contribution >= 0.6 is 0 Å². The van der Waals surface area contributed by atoms with Crippen molar-refractivity contribution in [2.24, 2.45) is 0 Å². The minimum atomic E-state index is 0.445. The molecule has 138 valence electrons. The molecule has 0 aliphatic carbocycles. The number of likely N-dealkylation sites (tertiary alicyclic amines) is 1. The summed E-state index contributed by atoms with van der Waals surface area (Å²) < 4.78 is 5.54. The third-order valence-corrected chi connectivity index (χ3v) is 6.03. The Hall–Kier alpha value is -1.24. The molecule has 1 aromatic rings. The van der Waals surface area contributed by atoms with E-state index >= 15 is 0 Å². The second-order valence-electron chi connectivity index (χ2n) is 7.82. The molecular formula is C19H31N5O. The van der Waals surface area contributed by atoms with Crippen LogP contribution in [-0.4, -0.2) is 85.3 Å². The molecule has 0 amide bonds. The Morgan fingerprint density at radius 1 is 1.00 bits per heavy atom. The van der Waals surface area contributed by atoms with E-state index in [4.69, 9.17) is 9.72 Å². The van der Waals surface area contributed by atoms with Gasteiger partial charge in [-0.2, -0.15) is 0 Å². The lowest BCUT2D eigenvalue weighted by Gasteiger charge is -2.42. The molecule has 3 fully saturated rings. The summed E-state index contributed by atoms with van der Waals surface area (Å²) >= 11 is 0. The predicted molar refractivity (Wildman–Crippen MR) is 99.3 cm³/mol. The van der Waals surface area contributed by atoms with E-state index in [0.29, 0.717) is 5.92 Å². The quantitative estimate of drug-likeness (QED) is 0.827. The van der Waals surface area contributed by atoms with Crippen LogP contribution in [0.4, 0.5) is 5.82 Å². The van der Waals surface area contributed by atoms with Crippen LogP contribution in [-0.2, 0) is 4.74 Å². The number of hydrogen-bond donors (Lipinski definition) is 0. The fourth-order valence-electron chi connectivity index (χ4n) is 4.39. The first-order chi connectivity index (χ1) is 12.2. The molecule has 3 aliphatic rings. The Morgan fingerprint density at radius 3 is 2.44 bits per heavy atom. The average Bonchev–Trinajstić information content (AvgIpc) is 3.17. The number of hydrogen-bond acceptors (Lipinski definition) is 6. The number of nitrogens with zero attached hydrogens (tertiary/aromatic N) is 5. The van der Waals surface area contributed by atoms with Gasteiger partial charge in [0, 0.05) is 50.8 Å². The summed E-state index contributed by atoms with van der Waals surface area (Å²) in [6.45, 7) is 10.6. The lowest BCUT2D eigenvalue weighted by Crippen LogP contribution is -2.53. The zero-order valence-electron chi connectivity index (χ0n) is 15.7. The van der Waals surface area contributed by atoms with Crippen molar-refractivity contribution in [2.45, 2.75) is 38.1 Å². The molecule has 0 aromatic carbocycles. The van der Waals surface area contributed by atoms with Gasteiger partial charge in [0.25, 0.3) is 0 Å². The summed E-state index contributed by atoms with van der Waals surface area (Å²) in [4.78, 5) is 17.0. The molecule has 6 nitrogen and oxygen atoms in total. The minimum absolute atomic E-state index is 0.445. The molecule has 4 heterocycles. The van der Waals surface area contributed by atoms with Gasteiger partial charge in [0.1, 0.15) is 11.6 Å². The number of piperazine rings is 1. The second kappa shape index (κ2) is 7.56. The van der Waals surface area contributed by atoms with Gasteiger partial charge in [-0.1, -0.05) is 0 Å². The number of aryl methyl sites for hydroxylation is 1. The van der Waals surface area contributed by atoms with Gasteiger partial charge in [-0.3, -0.25) is 4.90 Å². The van der Waals surface area contributed by atoms with Crippen LogP contribution < -0.4 is 4.90 Å². The van der Waals surface area contributed by atoms with Crippen LogP contribution in [0.3, 0.4) is 0 Å². The molecule has 6 heteroatoms. The summed E-state index contributed by atoms with van der Waals surface area (Å²) in [5, 5.41) is 0. The Balaban J connectivity index is 1.39. The van der Waals surface area contributed by atoms with E-state index in [1.165, 1.54) is 25.9 Å². The SMILES string of the molecule is Cc1nc([C@@H]2CCOC2)cc(N2CCN(C3CCN(C)CC3)CC2)n1. The van der Waals surface area contributed by atoms with E-state index in [1.807, 2.05) is 6.92 Å². The molecule has 1 aromatic heterocycles. The van der Waals surface area contributed by atoms with Gasteiger partial charge in [0.15, 0.2) is 0 Å². The molecule has 0 saturated carbocycles. The van der Waals surface area contributed by atoms with Crippen molar-refractivity contribution in [3.63, 3.8) is 0 Å². The summed E-state index contributed by atoms with van der Waals surface area (Å²) in [5.41, 5.74) is 1.16. The first-order valence-corrected chi connectivity index (χ1v) is 9.80. The van der Waals surface area contributed by atoms with Gasteiger partial charge in [-0.25, -0.2) is 9.97 Å². The maximum absolute atomic E-state index is 5.54. The standard InChI is InChI=1S/C19H31N5O/c1-15-20-18(16-5-12-25-14-16)13-19(21-15)24-10-8-23(9-11-24)17-3-6-22(2)7-4-17/h13,16-17H,3-12,14H2,1-2H3/t16-/m1/s1. The van der Waals surface area contributed by atoms with Gasteiger partial charge in [0.05, 0.1) is 12.3 Å². The number of rotatable bonds is 3. The van der Waals surface area contributed by atoms with Gasteiger partial charge in [-0.15, -0.1) is 0 Å². The third-order valence-electron chi connectivity index (χ3n) is 6.03. The summed E-state index contributed by atoms with van der Waals surface area (Å²) in [6, 6.07) is 2.98. The third kappa shape index (κ3) is 3.96. The molecule has 3 aliphatic heterocycles. The second-order valence-corrected chi connectivity index (χ2v) is 7.82. The van der Waals surface area contributed by atoms with Crippen LogP contribution in [0.1, 0.15) is 36.7 Å². The molecule has 0 N–H and O–H groups in total. The van der Waals surface area contributed by atoms with Gasteiger partial charge in [0.2, 0.25) is 0 Å². The van der Waals surface area contributed by atoms with Gasteiger partial charge >= 0.3 is 0 Å². The van der Waals surface area contributed by atoms with Gasteiger partial charge < -0.3 is 14.5 Å². The minimum Gasteiger partial charge on any atom is -0.381 e. The number of aromatic nitrogens is 2. The van der Waals surface area contributed by atoms with Crippen LogP contribution in [0, 0.1) is 6.92 Å². The first-order valence-electron chi connectivity index (χ1n) is 9.80. The molecule has 0 radical (unpaired) electrons. The normalized spacial score (nSPS) is 27.1. The summed E-state index contributed by atoms with van der Waals surface area (Å²) in [7, 11) is 2.23. The molecule has 25 heavy (non-hydrogen) atoms. The molecule has 0 bridgehead atoms. The van der Waals surface area contributed by atoms with Crippen LogP contribution in [0.15, 0.2) is 6.07 Å². The Kier molecular flexibility index (Phi) is 5.20. The average molecular weight is 345 g/mol. The first kappa shape index (κ1) is 17.2. The van der Waals surface area contributed by atoms with Crippen molar-refractivity contribution in [2.75, 3.05) is 64.4 Å². The zero-order valence-corrected chi connectivity index (χ0v) is 15.7. The molecule has 3 saturated heterocycles. The highest BCUT2D eigenvalue weighted by Crippen LogP contribution is 2.27. The van der Waals surface area contributed by atoms with Crippen molar-refractivity contribution in [1.29, 1.82) is 0 Å². The smallest absolute Gasteiger partial charge is 0.132 e. The van der Waals surface area contributed by atoms with E-state index in [2.05, 4.69) is 32.8 Å². The molecule has 1 atom stereocenters. The zero-order chi connectivity index (χ0) is 17.2. The highest BCUT2D eigenvalue weighted by molar-refractivity contribution is 5.41. The predicted octanol–water partition coefficient (Wildman–Crippen LogP) is 1.51. The highest BCUT2D eigenvalue weighted by atomic mass is 16.5. The van der Waals surface area contributed by atoms with Crippen LogP contribution in [0.5, 0.6) is 0 Å². The Morgan fingerprint density at radius 2 is 1.76 bits per heavy atom. The van der Waals surface area contributed by atoms with E-state index in [0.717, 1.165) is 69.2 Å². The summed E-state index contributed by atoms with van der Waals surface area (Å²) in [5.74, 6) is 2.44. The number of anilines is 1. The van der Waals surface area contributed by atoms with E-state index in [-0.39, 0.29) is 0 Å². The Bertz CT molecular complexity index is 573. The van der Waals surface area contributed by atoms with Crippen molar-refractivity contribution in [1.82, 2.24) is 19.8 Å². The van der Waals surface area contributed by atoms with Gasteiger partial charge in [-0.05, 0) is 46.3 Å². The molecule has 0 unspecified atom stereocenters. The van der Waals surface area contributed by atoms with Crippen molar-refractivity contribution in [3.8, 4) is 0 Å². The van der Waals surface area contributed by atoms with E-state index < -0.39 is 0 Å². The number of ether oxygens (including phenoxy) is 1. The summed E-state index contributed by atoms with van der Waals surface area (Å²) in [6.07, 6.45) is 3.71. The maximum atomic E-state index is 5.54. The lowest BCUT2D eigenvalue weighted by molar-refractivity contribution is 0.115. The van der Waals surface area contributed by atoms with Crippen molar-refractivity contribution < 1.29 is 4.74 Å². The monoisotopic (exact) mass is 345 g/mol. The highest BCUT2D eigenvalue weighted by Gasteiger charge is 2.28. The number of piperidine rings is 1. The van der Waals surface area contributed by atoms with Crippen molar-refractivity contribution in [3.05, 3.63) is 17.6 Å². The Labute approximate surface area is 151 Å². The van der Waals surface area contributed by atoms with Crippen LogP contribution in [0.25, 0.3) is 0 Å². The van der Waals surface area contributed by atoms with E-state index in [1.54, 1.807) is 0 Å². The topological polar surface area (TPSA) is 44.7 Å².